The minimum atomic E-state index is -0.412. The molecule has 0 aromatic heterocycles. The molecule has 0 aliphatic rings. The quantitative estimate of drug-likeness (QED) is 0.833. The van der Waals surface area contributed by atoms with Crippen LogP contribution >= 0.6 is 0 Å². The van der Waals surface area contributed by atoms with Gasteiger partial charge in [-0.15, -0.1) is 0 Å². The van der Waals surface area contributed by atoms with E-state index >= 15 is 0 Å². The highest BCUT2D eigenvalue weighted by molar-refractivity contribution is 5.40. The summed E-state index contributed by atoms with van der Waals surface area (Å²) in [5, 5.41) is 8.69. The van der Waals surface area contributed by atoms with Crippen molar-refractivity contribution in [2.24, 2.45) is 0 Å². The summed E-state index contributed by atoms with van der Waals surface area (Å²) in [5.74, 6) is 0.372. The van der Waals surface area contributed by atoms with Crippen LogP contribution in [-0.2, 0) is 6.61 Å². The topological polar surface area (TPSA) is 33.0 Å². The van der Waals surface area contributed by atoms with Crippen molar-refractivity contribution in [3.63, 3.8) is 0 Å². The minimum Gasteiger partial charge on any atom is -0.488 e. The fraction of sp³-hybridized carbons (Fsp3) is 0.188. The molecule has 3 heteroatoms. The molecule has 96 valence electrons. The number of nitrogens with zero attached hydrogens (tertiary/aromatic N) is 1. The molecule has 2 aromatic carbocycles. The molecule has 0 saturated carbocycles. The van der Waals surface area contributed by atoms with Gasteiger partial charge in [0.2, 0.25) is 0 Å². The van der Waals surface area contributed by atoms with Crippen molar-refractivity contribution in [2.75, 3.05) is 0 Å². The van der Waals surface area contributed by atoms with Crippen molar-refractivity contribution in [3.05, 3.63) is 64.5 Å². The summed E-state index contributed by atoms with van der Waals surface area (Å²) >= 11 is 0. The number of para-hydroxylation sites is 1. The van der Waals surface area contributed by atoms with Gasteiger partial charge in [0.1, 0.15) is 18.2 Å². The Hall–Kier alpha value is -2.34. The van der Waals surface area contributed by atoms with Gasteiger partial charge in [-0.25, -0.2) is 4.39 Å². The SMILES string of the molecule is Cc1cccc(C)c1OCc1ccc(C#N)cc1F. The van der Waals surface area contributed by atoms with E-state index in [1.54, 1.807) is 12.1 Å². The molecule has 0 saturated heterocycles. The summed E-state index contributed by atoms with van der Waals surface area (Å²) in [6, 6.07) is 12.2. The number of hydrogen-bond donors (Lipinski definition) is 0. The van der Waals surface area contributed by atoms with Crippen molar-refractivity contribution < 1.29 is 9.13 Å². The summed E-state index contributed by atoms with van der Waals surface area (Å²) < 4.78 is 19.4. The summed E-state index contributed by atoms with van der Waals surface area (Å²) in [4.78, 5) is 0. The smallest absolute Gasteiger partial charge is 0.131 e. The molecule has 0 atom stereocenters. The molecular weight excluding hydrogens is 241 g/mol. The lowest BCUT2D eigenvalue weighted by molar-refractivity contribution is 0.296. The molecule has 0 N–H and O–H groups in total. The van der Waals surface area contributed by atoms with Crippen LogP contribution in [0.5, 0.6) is 5.75 Å². The maximum atomic E-state index is 13.7. The van der Waals surface area contributed by atoms with E-state index in [2.05, 4.69) is 0 Å². The third kappa shape index (κ3) is 2.92. The van der Waals surface area contributed by atoms with Crippen molar-refractivity contribution in [1.82, 2.24) is 0 Å². The van der Waals surface area contributed by atoms with Crippen LogP contribution in [-0.4, -0.2) is 0 Å². The van der Waals surface area contributed by atoms with Gasteiger partial charge in [-0.1, -0.05) is 24.3 Å². The zero-order valence-corrected chi connectivity index (χ0v) is 10.9. The first kappa shape index (κ1) is 13.1. The monoisotopic (exact) mass is 255 g/mol. The van der Waals surface area contributed by atoms with Crippen LogP contribution in [0.3, 0.4) is 0 Å². The first-order valence-corrected chi connectivity index (χ1v) is 5.99. The van der Waals surface area contributed by atoms with Gasteiger partial charge in [-0.05, 0) is 37.1 Å². The Morgan fingerprint density at radius 2 is 1.84 bits per heavy atom. The molecule has 2 rings (SSSR count). The molecule has 2 aromatic rings. The summed E-state index contributed by atoms with van der Waals surface area (Å²) in [5.41, 5.74) is 2.80. The molecule has 0 aliphatic heterocycles. The number of hydrogen-bond acceptors (Lipinski definition) is 2. The second-order valence-electron chi connectivity index (χ2n) is 4.43. The van der Waals surface area contributed by atoms with Crippen molar-refractivity contribution in [3.8, 4) is 11.8 Å². The van der Waals surface area contributed by atoms with Gasteiger partial charge >= 0.3 is 0 Å². The number of nitriles is 1. The van der Waals surface area contributed by atoms with E-state index in [0.717, 1.165) is 16.9 Å². The second kappa shape index (κ2) is 5.53. The van der Waals surface area contributed by atoms with Crippen LogP contribution in [0.2, 0.25) is 0 Å². The number of rotatable bonds is 3. The standard InChI is InChI=1S/C16H14FNO/c1-11-4-3-5-12(2)16(11)19-10-14-7-6-13(9-18)8-15(14)17/h3-8H,10H2,1-2H3. The summed E-state index contributed by atoms with van der Waals surface area (Å²) in [6.45, 7) is 4.07. The Labute approximate surface area is 112 Å². The average molecular weight is 255 g/mol. The third-order valence-corrected chi connectivity index (χ3v) is 2.96. The normalized spacial score (nSPS) is 10.0. The third-order valence-electron chi connectivity index (χ3n) is 2.96. The van der Waals surface area contributed by atoms with Gasteiger partial charge in [-0.2, -0.15) is 5.26 Å². The fourth-order valence-electron chi connectivity index (χ4n) is 1.91. The van der Waals surface area contributed by atoms with E-state index in [1.807, 2.05) is 38.1 Å². The zero-order valence-electron chi connectivity index (χ0n) is 10.9. The molecular formula is C16H14FNO. The molecule has 2 nitrogen and oxygen atoms in total. The Kier molecular flexibility index (Phi) is 3.82. The molecule has 0 spiro atoms. The highest BCUT2D eigenvalue weighted by atomic mass is 19.1. The van der Waals surface area contributed by atoms with Crippen molar-refractivity contribution in [1.29, 1.82) is 5.26 Å². The Balaban J connectivity index is 2.17. The largest absolute Gasteiger partial charge is 0.488 e. The first-order chi connectivity index (χ1) is 9.11. The van der Waals surface area contributed by atoms with E-state index in [4.69, 9.17) is 10.00 Å². The predicted octanol–water partition coefficient (Wildman–Crippen LogP) is 3.89. The first-order valence-electron chi connectivity index (χ1n) is 5.99. The molecule has 0 unspecified atom stereocenters. The van der Waals surface area contributed by atoms with E-state index in [-0.39, 0.29) is 6.61 Å². The van der Waals surface area contributed by atoms with Crippen molar-refractivity contribution in [2.45, 2.75) is 20.5 Å². The van der Waals surface area contributed by atoms with Gasteiger partial charge < -0.3 is 4.74 Å². The van der Waals surface area contributed by atoms with Gasteiger partial charge in [-0.3, -0.25) is 0 Å². The maximum absolute atomic E-state index is 13.7. The fourth-order valence-corrected chi connectivity index (χ4v) is 1.91. The number of aryl methyl sites for hydroxylation is 2. The molecule has 0 amide bonds. The van der Waals surface area contributed by atoms with Crippen LogP contribution < -0.4 is 4.74 Å². The summed E-state index contributed by atoms with van der Waals surface area (Å²) in [6.07, 6.45) is 0. The summed E-state index contributed by atoms with van der Waals surface area (Å²) in [7, 11) is 0. The lowest BCUT2D eigenvalue weighted by Crippen LogP contribution is -2.01. The molecule has 0 heterocycles. The molecule has 19 heavy (non-hydrogen) atoms. The number of benzene rings is 2. The van der Waals surface area contributed by atoms with E-state index in [1.165, 1.54) is 6.07 Å². The van der Waals surface area contributed by atoms with Crippen LogP contribution in [0, 0.1) is 31.0 Å². The Bertz CT molecular complexity index is 623. The van der Waals surface area contributed by atoms with E-state index < -0.39 is 5.82 Å². The average Bonchev–Trinajstić information content (AvgIpc) is 2.39. The molecule has 0 aliphatic carbocycles. The lowest BCUT2D eigenvalue weighted by Gasteiger charge is -2.12. The van der Waals surface area contributed by atoms with Crippen molar-refractivity contribution >= 4 is 0 Å². The van der Waals surface area contributed by atoms with E-state index in [0.29, 0.717) is 11.1 Å². The maximum Gasteiger partial charge on any atom is 0.131 e. The van der Waals surface area contributed by atoms with Gasteiger partial charge in [0.15, 0.2) is 0 Å². The number of ether oxygens (including phenoxy) is 1. The minimum absolute atomic E-state index is 0.156. The lowest BCUT2D eigenvalue weighted by atomic mass is 10.1. The molecule has 0 bridgehead atoms. The van der Waals surface area contributed by atoms with Crippen LogP contribution in [0.4, 0.5) is 4.39 Å². The molecule has 0 fully saturated rings. The molecule has 0 radical (unpaired) electrons. The Morgan fingerprint density at radius 1 is 1.16 bits per heavy atom. The van der Waals surface area contributed by atoms with Gasteiger partial charge in [0, 0.05) is 5.56 Å². The highest BCUT2D eigenvalue weighted by Crippen LogP contribution is 2.24. The van der Waals surface area contributed by atoms with E-state index in [9.17, 15) is 4.39 Å². The predicted molar refractivity (Wildman–Crippen MR) is 71.4 cm³/mol. The Morgan fingerprint density at radius 3 is 2.42 bits per heavy atom. The van der Waals surface area contributed by atoms with Crippen LogP contribution in [0.15, 0.2) is 36.4 Å². The second-order valence-corrected chi connectivity index (χ2v) is 4.43. The van der Waals surface area contributed by atoms with Crippen LogP contribution in [0.1, 0.15) is 22.3 Å². The van der Waals surface area contributed by atoms with Crippen LogP contribution in [0.25, 0.3) is 0 Å². The van der Waals surface area contributed by atoms with Gasteiger partial charge in [0.05, 0.1) is 11.6 Å². The highest BCUT2D eigenvalue weighted by Gasteiger charge is 2.07. The number of halogens is 1. The van der Waals surface area contributed by atoms with Gasteiger partial charge in [0.25, 0.3) is 0 Å². The zero-order chi connectivity index (χ0) is 13.8.